The van der Waals surface area contributed by atoms with Gasteiger partial charge >= 0.3 is 5.97 Å². The van der Waals surface area contributed by atoms with Crippen LogP contribution >= 0.6 is 0 Å². The van der Waals surface area contributed by atoms with Crippen LogP contribution in [0, 0.1) is 0 Å². The van der Waals surface area contributed by atoms with Crippen molar-refractivity contribution in [3.8, 4) is 5.75 Å². The zero-order valence-electron chi connectivity index (χ0n) is 10.8. The third-order valence-corrected chi connectivity index (χ3v) is 3.09. The van der Waals surface area contributed by atoms with E-state index in [9.17, 15) is 4.79 Å². The summed E-state index contributed by atoms with van der Waals surface area (Å²) in [6.45, 7) is 2.10. The largest absolute Gasteiger partial charge is 0.482 e. The van der Waals surface area contributed by atoms with E-state index in [1.54, 1.807) is 14.0 Å². The van der Waals surface area contributed by atoms with Gasteiger partial charge in [0.1, 0.15) is 5.75 Å². The Balaban J connectivity index is 2.01. The van der Waals surface area contributed by atoms with E-state index in [0.717, 1.165) is 12.8 Å². The van der Waals surface area contributed by atoms with E-state index in [-0.39, 0.29) is 18.7 Å². The minimum Gasteiger partial charge on any atom is -0.482 e. The minimum absolute atomic E-state index is 0.0513. The van der Waals surface area contributed by atoms with E-state index < -0.39 is 0 Å². The molecule has 0 saturated carbocycles. The van der Waals surface area contributed by atoms with Crippen LogP contribution in [-0.2, 0) is 20.7 Å². The van der Waals surface area contributed by atoms with Crippen molar-refractivity contribution >= 4 is 5.97 Å². The Morgan fingerprint density at radius 2 is 2.28 bits per heavy atom. The van der Waals surface area contributed by atoms with E-state index in [1.807, 2.05) is 18.2 Å². The predicted octanol–water partition coefficient (Wildman–Crippen LogP) is 2.26. The fraction of sp³-hybridized carbons (Fsp3) is 0.500. The first-order valence-electron chi connectivity index (χ1n) is 6.18. The van der Waals surface area contributed by atoms with E-state index in [4.69, 9.17) is 14.2 Å². The standard InChI is InChI=1S/C14H18O4/c1-3-17-14(15)9-18-11-6-4-10-5-7-13(16-2)12(10)8-11/h4,6,8,13H,3,5,7,9H2,1-2H3. The van der Waals surface area contributed by atoms with Crippen LogP contribution in [0.1, 0.15) is 30.6 Å². The summed E-state index contributed by atoms with van der Waals surface area (Å²) in [6, 6.07) is 5.88. The van der Waals surface area contributed by atoms with Gasteiger partial charge in [0.15, 0.2) is 6.61 Å². The number of fused-ring (bicyclic) bond motifs is 1. The monoisotopic (exact) mass is 250 g/mol. The molecule has 0 N–H and O–H groups in total. The molecule has 98 valence electrons. The van der Waals surface area contributed by atoms with Crippen LogP contribution in [0.3, 0.4) is 0 Å². The van der Waals surface area contributed by atoms with Crippen LogP contribution in [0.2, 0.25) is 0 Å². The lowest BCUT2D eigenvalue weighted by molar-refractivity contribution is -0.145. The number of hydrogen-bond acceptors (Lipinski definition) is 4. The number of benzene rings is 1. The topological polar surface area (TPSA) is 44.8 Å². The number of carbonyl (C=O) groups excluding carboxylic acids is 1. The van der Waals surface area contributed by atoms with Crippen LogP contribution < -0.4 is 4.74 Å². The highest BCUT2D eigenvalue weighted by Crippen LogP contribution is 2.35. The second kappa shape index (κ2) is 5.87. The molecule has 0 bridgehead atoms. The summed E-state index contributed by atoms with van der Waals surface area (Å²) in [5.74, 6) is 0.340. The van der Waals surface area contributed by atoms with E-state index in [1.165, 1.54) is 11.1 Å². The van der Waals surface area contributed by atoms with Gasteiger partial charge in [0.25, 0.3) is 0 Å². The number of methoxy groups -OCH3 is 1. The molecule has 0 radical (unpaired) electrons. The highest BCUT2D eigenvalue weighted by Gasteiger charge is 2.22. The molecule has 0 saturated heterocycles. The van der Waals surface area contributed by atoms with Crippen LogP contribution in [0.5, 0.6) is 5.75 Å². The molecule has 1 unspecified atom stereocenters. The molecule has 0 aromatic heterocycles. The lowest BCUT2D eigenvalue weighted by Crippen LogP contribution is -2.14. The van der Waals surface area contributed by atoms with Crippen molar-refractivity contribution in [2.24, 2.45) is 0 Å². The maximum absolute atomic E-state index is 11.2. The lowest BCUT2D eigenvalue weighted by atomic mass is 10.1. The Bertz CT molecular complexity index is 428. The number of ether oxygens (including phenoxy) is 3. The molecular weight excluding hydrogens is 232 g/mol. The Labute approximate surface area is 107 Å². The van der Waals surface area contributed by atoms with Crippen molar-refractivity contribution in [1.29, 1.82) is 0 Å². The zero-order chi connectivity index (χ0) is 13.0. The first kappa shape index (κ1) is 12.9. The van der Waals surface area contributed by atoms with Gasteiger partial charge in [-0.15, -0.1) is 0 Å². The summed E-state index contributed by atoms with van der Waals surface area (Å²) < 4.78 is 15.6. The number of esters is 1. The molecule has 1 aliphatic rings. The lowest BCUT2D eigenvalue weighted by Gasteiger charge is -2.11. The minimum atomic E-state index is -0.346. The maximum atomic E-state index is 11.2. The summed E-state index contributed by atoms with van der Waals surface area (Å²) in [6.07, 6.45) is 2.19. The first-order chi connectivity index (χ1) is 8.74. The number of rotatable bonds is 5. The molecule has 1 aromatic rings. The van der Waals surface area contributed by atoms with Crippen molar-refractivity contribution in [1.82, 2.24) is 0 Å². The number of aryl methyl sites for hydroxylation is 1. The molecule has 1 atom stereocenters. The Kier molecular flexibility index (Phi) is 4.20. The molecular formula is C14H18O4. The molecule has 0 spiro atoms. The molecule has 0 heterocycles. The smallest absolute Gasteiger partial charge is 0.344 e. The van der Waals surface area contributed by atoms with E-state index in [2.05, 4.69) is 0 Å². The highest BCUT2D eigenvalue weighted by atomic mass is 16.6. The van der Waals surface area contributed by atoms with Gasteiger partial charge in [-0.05, 0) is 43.0 Å². The summed E-state index contributed by atoms with van der Waals surface area (Å²) in [5.41, 5.74) is 2.46. The quantitative estimate of drug-likeness (QED) is 0.752. The molecule has 1 aliphatic carbocycles. The third-order valence-electron chi connectivity index (χ3n) is 3.09. The van der Waals surface area contributed by atoms with Gasteiger partial charge in [-0.2, -0.15) is 0 Å². The molecule has 0 aliphatic heterocycles. The predicted molar refractivity (Wildman–Crippen MR) is 66.6 cm³/mol. The molecule has 2 rings (SSSR count). The summed E-state index contributed by atoms with van der Waals surface area (Å²) >= 11 is 0. The fourth-order valence-corrected chi connectivity index (χ4v) is 2.22. The van der Waals surface area contributed by atoms with Crippen LogP contribution in [0.4, 0.5) is 0 Å². The van der Waals surface area contributed by atoms with Crippen molar-refractivity contribution in [2.75, 3.05) is 20.3 Å². The average Bonchev–Trinajstić information content (AvgIpc) is 2.79. The maximum Gasteiger partial charge on any atom is 0.344 e. The average molecular weight is 250 g/mol. The Morgan fingerprint density at radius 3 is 3.00 bits per heavy atom. The first-order valence-corrected chi connectivity index (χ1v) is 6.18. The van der Waals surface area contributed by atoms with E-state index in [0.29, 0.717) is 12.4 Å². The van der Waals surface area contributed by atoms with Crippen molar-refractivity contribution in [3.63, 3.8) is 0 Å². The second-order valence-electron chi connectivity index (χ2n) is 4.22. The van der Waals surface area contributed by atoms with Crippen molar-refractivity contribution in [2.45, 2.75) is 25.9 Å². The molecule has 0 fully saturated rings. The zero-order valence-corrected chi connectivity index (χ0v) is 10.8. The number of carbonyl (C=O) groups is 1. The van der Waals surface area contributed by atoms with E-state index >= 15 is 0 Å². The van der Waals surface area contributed by atoms with Crippen LogP contribution in [-0.4, -0.2) is 26.3 Å². The number of hydrogen-bond donors (Lipinski definition) is 0. The Hall–Kier alpha value is -1.55. The summed E-state index contributed by atoms with van der Waals surface area (Å²) in [7, 11) is 1.71. The highest BCUT2D eigenvalue weighted by molar-refractivity contribution is 5.71. The van der Waals surface area contributed by atoms with Gasteiger partial charge in [-0.3, -0.25) is 0 Å². The molecule has 4 nitrogen and oxygen atoms in total. The fourth-order valence-electron chi connectivity index (χ4n) is 2.22. The molecule has 18 heavy (non-hydrogen) atoms. The summed E-state index contributed by atoms with van der Waals surface area (Å²) in [5, 5.41) is 0. The normalized spacial score (nSPS) is 17.3. The Morgan fingerprint density at radius 1 is 1.44 bits per heavy atom. The van der Waals surface area contributed by atoms with Crippen molar-refractivity contribution in [3.05, 3.63) is 29.3 Å². The van der Waals surface area contributed by atoms with Crippen molar-refractivity contribution < 1.29 is 19.0 Å². The van der Waals surface area contributed by atoms with Gasteiger partial charge < -0.3 is 14.2 Å². The van der Waals surface area contributed by atoms with Gasteiger partial charge in [0.2, 0.25) is 0 Å². The molecule has 1 aromatic carbocycles. The van der Waals surface area contributed by atoms with Crippen LogP contribution in [0.25, 0.3) is 0 Å². The molecule has 0 amide bonds. The van der Waals surface area contributed by atoms with Gasteiger partial charge in [0, 0.05) is 7.11 Å². The molecule has 4 heteroatoms. The van der Waals surface area contributed by atoms with Gasteiger partial charge in [-0.1, -0.05) is 6.07 Å². The third kappa shape index (κ3) is 2.82. The van der Waals surface area contributed by atoms with Gasteiger partial charge in [0.05, 0.1) is 12.7 Å². The van der Waals surface area contributed by atoms with Gasteiger partial charge in [-0.25, -0.2) is 4.79 Å². The second-order valence-corrected chi connectivity index (χ2v) is 4.22. The van der Waals surface area contributed by atoms with Crippen LogP contribution in [0.15, 0.2) is 18.2 Å². The SMILES string of the molecule is CCOC(=O)COc1ccc2c(c1)C(OC)CC2. The summed E-state index contributed by atoms with van der Waals surface area (Å²) in [4.78, 5) is 11.2.